The van der Waals surface area contributed by atoms with Crippen molar-refractivity contribution in [2.75, 3.05) is 26.8 Å². The first kappa shape index (κ1) is 14.5. The molecule has 2 atom stereocenters. The molecule has 0 bridgehead atoms. The van der Waals surface area contributed by atoms with Gasteiger partial charge in [0.25, 0.3) is 0 Å². The van der Waals surface area contributed by atoms with Crippen LogP contribution in [0.1, 0.15) is 11.5 Å². The van der Waals surface area contributed by atoms with Crippen molar-refractivity contribution in [3.8, 4) is 0 Å². The van der Waals surface area contributed by atoms with Crippen LogP contribution in [-0.2, 0) is 14.3 Å². The van der Waals surface area contributed by atoms with Crippen LogP contribution in [0.3, 0.4) is 0 Å². The van der Waals surface area contributed by atoms with E-state index in [2.05, 4.69) is 0 Å². The maximum atomic E-state index is 12.9. The van der Waals surface area contributed by atoms with Crippen molar-refractivity contribution >= 4 is 11.9 Å². The maximum Gasteiger partial charge on any atom is 0.308 e. The second kappa shape index (κ2) is 6.00. The fraction of sp³-hybridized carbons (Fsp3) is 0.429. The van der Waals surface area contributed by atoms with E-state index in [9.17, 15) is 19.1 Å². The van der Waals surface area contributed by atoms with Crippen molar-refractivity contribution in [1.29, 1.82) is 0 Å². The van der Waals surface area contributed by atoms with E-state index in [1.54, 1.807) is 12.1 Å². The molecule has 1 aliphatic rings. The average Bonchev–Trinajstić information content (AvgIpc) is 2.85. The van der Waals surface area contributed by atoms with Gasteiger partial charge in [0.15, 0.2) is 0 Å². The van der Waals surface area contributed by atoms with Crippen molar-refractivity contribution < 1.29 is 23.8 Å². The van der Waals surface area contributed by atoms with Gasteiger partial charge in [-0.2, -0.15) is 0 Å². The van der Waals surface area contributed by atoms with Crippen LogP contribution in [0.2, 0.25) is 0 Å². The summed E-state index contributed by atoms with van der Waals surface area (Å²) in [5, 5.41) is 9.29. The highest BCUT2D eigenvalue weighted by molar-refractivity contribution is 5.80. The molecule has 2 rings (SSSR count). The number of nitrogens with zero attached hydrogens (tertiary/aromatic N) is 1. The Hall–Kier alpha value is -1.95. The summed E-state index contributed by atoms with van der Waals surface area (Å²) in [5.74, 6) is -2.56. The lowest BCUT2D eigenvalue weighted by atomic mass is 9.89. The first-order chi connectivity index (χ1) is 9.52. The Bertz CT molecular complexity index is 502. The number of carbonyl (C=O) groups is 2. The van der Waals surface area contributed by atoms with Crippen LogP contribution >= 0.6 is 0 Å². The van der Waals surface area contributed by atoms with Crippen molar-refractivity contribution in [2.24, 2.45) is 5.92 Å². The molecular weight excluding hydrogens is 265 g/mol. The molecule has 1 aromatic rings. The molecule has 1 amide bonds. The molecule has 0 radical (unpaired) electrons. The van der Waals surface area contributed by atoms with Gasteiger partial charge in [0.05, 0.1) is 5.92 Å². The number of rotatable bonds is 4. The normalized spacial score (nSPS) is 22.0. The number of amides is 1. The molecule has 6 heteroatoms. The van der Waals surface area contributed by atoms with Gasteiger partial charge in [0.1, 0.15) is 12.4 Å². The van der Waals surface area contributed by atoms with Gasteiger partial charge in [-0.3, -0.25) is 9.59 Å². The Balaban J connectivity index is 2.19. The molecule has 0 unspecified atom stereocenters. The Morgan fingerprint density at radius 3 is 2.55 bits per heavy atom. The third-order valence-corrected chi connectivity index (χ3v) is 3.56. The first-order valence-corrected chi connectivity index (χ1v) is 6.28. The summed E-state index contributed by atoms with van der Waals surface area (Å²) < 4.78 is 17.7. The molecule has 0 spiro atoms. The number of benzene rings is 1. The predicted octanol–water partition coefficient (Wildman–Crippen LogP) is 1.10. The summed E-state index contributed by atoms with van der Waals surface area (Å²) >= 11 is 0. The van der Waals surface area contributed by atoms with Crippen LogP contribution in [0, 0.1) is 11.7 Å². The van der Waals surface area contributed by atoms with Crippen LogP contribution in [-0.4, -0.2) is 48.7 Å². The highest BCUT2D eigenvalue weighted by atomic mass is 19.1. The van der Waals surface area contributed by atoms with Crippen molar-refractivity contribution in [2.45, 2.75) is 5.92 Å². The molecule has 1 fully saturated rings. The number of carbonyl (C=O) groups excluding carboxylic acids is 1. The minimum atomic E-state index is -0.952. The summed E-state index contributed by atoms with van der Waals surface area (Å²) in [6.07, 6.45) is 0. The van der Waals surface area contributed by atoms with E-state index in [0.29, 0.717) is 6.54 Å². The van der Waals surface area contributed by atoms with Gasteiger partial charge in [-0.1, -0.05) is 12.1 Å². The number of likely N-dealkylation sites (tertiary alicyclic amines) is 1. The third kappa shape index (κ3) is 2.96. The molecule has 20 heavy (non-hydrogen) atoms. The molecule has 5 nitrogen and oxygen atoms in total. The number of hydrogen-bond acceptors (Lipinski definition) is 3. The van der Waals surface area contributed by atoms with Crippen LogP contribution in [0.5, 0.6) is 0 Å². The molecule has 108 valence electrons. The zero-order valence-corrected chi connectivity index (χ0v) is 11.1. The number of halogens is 1. The third-order valence-electron chi connectivity index (χ3n) is 3.56. The van der Waals surface area contributed by atoms with E-state index in [1.165, 1.54) is 24.1 Å². The van der Waals surface area contributed by atoms with E-state index in [4.69, 9.17) is 4.74 Å². The molecule has 0 aliphatic carbocycles. The zero-order valence-electron chi connectivity index (χ0n) is 11.1. The zero-order chi connectivity index (χ0) is 14.7. The van der Waals surface area contributed by atoms with Crippen molar-refractivity contribution in [3.63, 3.8) is 0 Å². The molecule has 1 aliphatic heterocycles. The van der Waals surface area contributed by atoms with E-state index < -0.39 is 11.9 Å². The lowest BCUT2D eigenvalue weighted by Gasteiger charge is -2.16. The van der Waals surface area contributed by atoms with Crippen LogP contribution in [0.25, 0.3) is 0 Å². The monoisotopic (exact) mass is 281 g/mol. The Kier molecular flexibility index (Phi) is 4.34. The van der Waals surface area contributed by atoms with E-state index >= 15 is 0 Å². The fourth-order valence-corrected chi connectivity index (χ4v) is 2.52. The van der Waals surface area contributed by atoms with Crippen LogP contribution in [0.4, 0.5) is 4.39 Å². The highest BCUT2D eigenvalue weighted by Crippen LogP contribution is 2.33. The summed E-state index contributed by atoms with van der Waals surface area (Å²) in [5.41, 5.74) is 0.728. The fourth-order valence-electron chi connectivity index (χ4n) is 2.52. The number of methoxy groups -OCH3 is 1. The molecule has 0 saturated carbocycles. The standard InChI is InChI=1S/C14H16FNO4/c1-20-8-13(17)16-6-11(12(7-16)14(18)19)9-2-4-10(15)5-3-9/h2-5,11-12H,6-8H2,1H3,(H,18,19)/t11-,12+/m0/s1. The molecular formula is C14H16FNO4. The number of carboxylic acid groups (broad SMARTS) is 1. The largest absolute Gasteiger partial charge is 0.481 e. The van der Waals surface area contributed by atoms with Gasteiger partial charge in [-0.05, 0) is 17.7 Å². The van der Waals surface area contributed by atoms with Gasteiger partial charge in [-0.25, -0.2) is 4.39 Å². The van der Waals surface area contributed by atoms with Crippen LogP contribution < -0.4 is 0 Å². The van der Waals surface area contributed by atoms with Crippen LogP contribution in [0.15, 0.2) is 24.3 Å². The minimum Gasteiger partial charge on any atom is -0.481 e. The van der Waals surface area contributed by atoms with E-state index in [0.717, 1.165) is 5.56 Å². The summed E-state index contributed by atoms with van der Waals surface area (Å²) in [4.78, 5) is 24.6. The van der Waals surface area contributed by atoms with Gasteiger partial charge in [0, 0.05) is 26.1 Å². The van der Waals surface area contributed by atoms with E-state index in [-0.39, 0.29) is 30.8 Å². The predicted molar refractivity (Wildman–Crippen MR) is 68.7 cm³/mol. The Labute approximate surface area is 116 Å². The van der Waals surface area contributed by atoms with E-state index in [1.807, 2.05) is 0 Å². The highest BCUT2D eigenvalue weighted by Gasteiger charge is 2.40. The summed E-state index contributed by atoms with van der Waals surface area (Å²) in [7, 11) is 1.42. The molecule has 1 aromatic carbocycles. The quantitative estimate of drug-likeness (QED) is 0.897. The number of hydrogen-bond donors (Lipinski definition) is 1. The van der Waals surface area contributed by atoms with Crippen molar-refractivity contribution in [3.05, 3.63) is 35.6 Å². The van der Waals surface area contributed by atoms with Gasteiger partial charge in [-0.15, -0.1) is 0 Å². The van der Waals surface area contributed by atoms with Gasteiger partial charge >= 0.3 is 5.97 Å². The topological polar surface area (TPSA) is 66.8 Å². The lowest BCUT2D eigenvalue weighted by molar-refractivity contribution is -0.142. The number of carboxylic acids is 1. The summed E-state index contributed by atoms with van der Waals surface area (Å²) in [6, 6.07) is 5.74. The average molecular weight is 281 g/mol. The number of aliphatic carboxylic acids is 1. The smallest absolute Gasteiger partial charge is 0.308 e. The Morgan fingerprint density at radius 2 is 2.00 bits per heavy atom. The number of ether oxygens (including phenoxy) is 1. The first-order valence-electron chi connectivity index (χ1n) is 6.28. The summed E-state index contributed by atoms with van der Waals surface area (Å²) in [6.45, 7) is 0.396. The second-order valence-corrected chi connectivity index (χ2v) is 4.83. The minimum absolute atomic E-state index is 0.0670. The SMILES string of the molecule is COCC(=O)N1C[C@@H](C(=O)O)[C@H](c2ccc(F)cc2)C1. The maximum absolute atomic E-state index is 12.9. The second-order valence-electron chi connectivity index (χ2n) is 4.83. The molecule has 1 N–H and O–H groups in total. The Morgan fingerprint density at radius 1 is 1.35 bits per heavy atom. The van der Waals surface area contributed by atoms with Gasteiger partial charge in [0.2, 0.25) is 5.91 Å². The molecule has 0 aromatic heterocycles. The molecule has 1 saturated heterocycles. The van der Waals surface area contributed by atoms with Gasteiger partial charge < -0.3 is 14.7 Å². The molecule has 1 heterocycles. The van der Waals surface area contributed by atoms with Crippen molar-refractivity contribution in [1.82, 2.24) is 4.90 Å². The lowest BCUT2D eigenvalue weighted by Crippen LogP contribution is -2.32.